The van der Waals surface area contributed by atoms with Gasteiger partial charge in [-0.25, -0.2) is 4.39 Å². The molecule has 1 atom stereocenters. The lowest BCUT2D eigenvalue weighted by atomic mass is 10.2. The lowest BCUT2D eigenvalue weighted by Gasteiger charge is -2.10. The lowest BCUT2D eigenvalue weighted by molar-refractivity contribution is 0.102. The van der Waals surface area contributed by atoms with Gasteiger partial charge < -0.3 is 18.1 Å². The molecule has 0 aliphatic rings. The molecule has 0 radical (unpaired) electrons. The van der Waals surface area contributed by atoms with Crippen LogP contribution in [0, 0.1) is 19.7 Å². The molecule has 9 heteroatoms. The highest BCUT2D eigenvalue weighted by molar-refractivity contribution is 7.99. The second-order valence-corrected chi connectivity index (χ2v) is 8.21. The molecule has 0 N–H and O–H groups in total. The highest BCUT2D eigenvalue weighted by atomic mass is 32.2. The fourth-order valence-corrected chi connectivity index (χ4v) is 3.95. The van der Waals surface area contributed by atoms with E-state index in [2.05, 4.69) is 14.8 Å². The van der Waals surface area contributed by atoms with E-state index in [1.54, 1.807) is 13.2 Å². The van der Waals surface area contributed by atoms with E-state index in [4.69, 9.17) is 13.6 Å². The van der Waals surface area contributed by atoms with Crippen LogP contribution in [0.5, 0.6) is 5.75 Å². The van der Waals surface area contributed by atoms with Crippen molar-refractivity contribution in [3.63, 3.8) is 0 Å². The zero-order chi connectivity index (χ0) is 22.7. The number of ether oxygens (including phenoxy) is 1. The van der Waals surface area contributed by atoms with Gasteiger partial charge in [-0.1, -0.05) is 11.8 Å². The number of thioether (sulfide) groups is 1. The average Bonchev–Trinajstić information content (AvgIpc) is 3.52. The minimum Gasteiger partial charge on any atom is -0.481 e. The van der Waals surface area contributed by atoms with Crippen molar-refractivity contribution in [1.82, 2.24) is 14.8 Å². The summed E-state index contributed by atoms with van der Waals surface area (Å²) in [6.07, 6.45) is 1.12. The molecule has 4 rings (SSSR count). The first-order valence-corrected chi connectivity index (χ1v) is 11.0. The molecule has 32 heavy (non-hydrogen) atoms. The molecule has 0 spiro atoms. The minimum absolute atomic E-state index is 0.0239. The summed E-state index contributed by atoms with van der Waals surface area (Å²) in [5.74, 6) is 1.40. The van der Waals surface area contributed by atoms with Crippen molar-refractivity contribution in [2.24, 2.45) is 0 Å². The van der Waals surface area contributed by atoms with Crippen molar-refractivity contribution >= 4 is 17.5 Å². The summed E-state index contributed by atoms with van der Waals surface area (Å²) in [5, 5.41) is 8.27. The van der Waals surface area contributed by atoms with E-state index in [-0.39, 0.29) is 28.5 Å². The molecule has 4 aromatic rings. The Morgan fingerprint density at radius 3 is 2.72 bits per heavy atom. The van der Waals surface area contributed by atoms with Crippen LogP contribution in [-0.2, 0) is 6.54 Å². The molecular formula is C23H22FN3O4S. The highest BCUT2D eigenvalue weighted by Gasteiger charge is 2.20. The zero-order valence-electron chi connectivity index (χ0n) is 17.9. The van der Waals surface area contributed by atoms with Gasteiger partial charge in [0.1, 0.15) is 17.3 Å². The van der Waals surface area contributed by atoms with Crippen LogP contribution in [0.25, 0.3) is 0 Å². The van der Waals surface area contributed by atoms with Gasteiger partial charge in [0, 0.05) is 17.0 Å². The lowest BCUT2D eigenvalue weighted by Crippen LogP contribution is -2.07. The molecule has 0 saturated carbocycles. The van der Waals surface area contributed by atoms with Gasteiger partial charge in [0.25, 0.3) is 11.1 Å². The number of aromatic nitrogens is 3. The number of halogens is 1. The van der Waals surface area contributed by atoms with Gasteiger partial charge in [-0.2, -0.15) is 0 Å². The van der Waals surface area contributed by atoms with E-state index in [1.165, 1.54) is 36.0 Å². The van der Waals surface area contributed by atoms with Crippen LogP contribution in [0.2, 0.25) is 0 Å². The molecule has 0 unspecified atom stereocenters. The zero-order valence-corrected chi connectivity index (χ0v) is 18.7. The van der Waals surface area contributed by atoms with Crippen LogP contribution in [0.3, 0.4) is 0 Å². The van der Waals surface area contributed by atoms with Crippen molar-refractivity contribution < 1.29 is 22.8 Å². The number of hydrogen-bond donors (Lipinski definition) is 0. The maximum Gasteiger partial charge on any atom is 0.277 e. The predicted molar refractivity (Wildman–Crippen MR) is 117 cm³/mol. The molecule has 0 saturated heterocycles. The number of rotatable bonds is 9. The Hall–Kier alpha value is -3.33. The van der Waals surface area contributed by atoms with E-state index < -0.39 is 6.10 Å². The predicted octanol–water partition coefficient (Wildman–Crippen LogP) is 5.38. The van der Waals surface area contributed by atoms with Crippen molar-refractivity contribution in [2.45, 2.75) is 38.6 Å². The van der Waals surface area contributed by atoms with Crippen molar-refractivity contribution in [3.8, 4) is 5.75 Å². The Morgan fingerprint density at radius 1 is 1.22 bits per heavy atom. The topological polar surface area (TPSA) is 83.3 Å². The van der Waals surface area contributed by atoms with Crippen molar-refractivity contribution in [1.29, 1.82) is 0 Å². The van der Waals surface area contributed by atoms with Crippen LogP contribution in [-0.4, -0.2) is 26.3 Å². The van der Waals surface area contributed by atoms with E-state index in [1.807, 2.05) is 32.0 Å². The monoisotopic (exact) mass is 455 g/mol. The van der Waals surface area contributed by atoms with Crippen molar-refractivity contribution in [3.05, 3.63) is 83.1 Å². The second kappa shape index (κ2) is 9.44. The summed E-state index contributed by atoms with van der Waals surface area (Å²) in [6.45, 7) is 6.22. The largest absolute Gasteiger partial charge is 0.481 e. The Kier molecular flexibility index (Phi) is 6.45. The average molecular weight is 456 g/mol. The molecule has 166 valence electrons. The first-order valence-electron chi connectivity index (χ1n) is 10.0. The number of hydrogen-bond acceptors (Lipinski definition) is 7. The highest BCUT2D eigenvalue weighted by Crippen LogP contribution is 2.26. The number of carbonyl (C=O) groups excluding carboxylic acids is 1. The molecule has 0 bridgehead atoms. The molecule has 3 heterocycles. The van der Waals surface area contributed by atoms with Gasteiger partial charge in [-0.3, -0.25) is 4.79 Å². The third-order valence-electron chi connectivity index (χ3n) is 4.99. The van der Waals surface area contributed by atoms with Crippen molar-refractivity contribution in [2.75, 3.05) is 5.75 Å². The number of carbonyl (C=O) groups is 1. The maximum atomic E-state index is 13.0. The normalized spacial score (nSPS) is 12.1. The SMILES string of the molecule is Cc1cc(C(=O)CSc2nnc([C@H](C)Oc3ccc(F)cc3)o2)c(C)n1Cc1ccco1. The number of furan rings is 1. The fourth-order valence-electron chi connectivity index (χ4n) is 3.30. The number of nitrogens with zero attached hydrogens (tertiary/aromatic N) is 3. The maximum absolute atomic E-state index is 13.0. The van der Waals surface area contributed by atoms with Gasteiger partial charge in [-0.15, -0.1) is 10.2 Å². The number of aryl methyl sites for hydroxylation is 1. The quantitative estimate of drug-likeness (QED) is 0.247. The van der Waals surface area contributed by atoms with E-state index in [0.717, 1.165) is 17.1 Å². The van der Waals surface area contributed by atoms with Crippen LogP contribution >= 0.6 is 11.8 Å². The van der Waals surface area contributed by atoms with Gasteiger partial charge in [0.2, 0.25) is 0 Å². The van der Waals surface area contributed by atoms with E-state index in [9.17, 15) is 9.18 Å². The number of benzene rings is 1. The summed E-state index contributed by atoms with van der Waals surface area (Å²) >= 11 is 1.18. The fraction of sp³-hybridized carbons (Fsp3) is 0.261. The number of Topliss-reactive ketones (excluding diaryl/α,β-unsaturated/α-hetero) is 1. The van der Waals surface area contributed by atoms with Gasteiger partial charge >= 0.3 is 0 Å². The molecular weight excluding hydrogens is 433 g/mol. The molecule has 0 aliphatic carbocycles. The molecule has 7 nitrogen and oxygen atoms in total. The Balaban J connectivity index is 1.36. The summed E-state index contributed by atoms with van der Waals surface area (Å²) < 4.78 is 31.8. The second-order valence-electron chi connectivity index (χ2n) is 7.28. The molecule has 0 amide bonds. The summed E-state index contributed by atoms with van der Waals surface area (Å²) in [6, 6.07) is 11.3. The molecule has 3 aromatic heterocycles. The first kappa shape index (κ1) is 21.9. The summed E-state index contributed by atoms with van der Waals surface area (Å²) in [7, 11) is 0. The van der Waals surface area contributed by atoms with Crippen LogP contribution in [0.1, 0.15) is 46.4 Å². The molecule has 0 aliphatic heterocycles. The standard InChI is InChI=1S/C23H22FN3O4S/c1-14-11-20(15(2)27(14)12-19-5-4-10-29-19)21(28)13-32-23-26-25-22(31-23)16(3)30-18-8-6-17(24)7-9-18/h4-11,16H,12-13H2,1-3H3/t16-/m0/s1. The van der Waals surface area contributed by atoms with Gasteiger partial charge in [0.05, 0.1) is 18.6 Å². The summed E-state index contributed by atoms with van der Waals surface area (Å²) in [4.78, 5) is 12.8. The smallest absolute Gasteiger partial charge is 0.277 e. The number of ketones is 1. The third kappa shape index (κ3) is 4.94. The third-order valence-corrected chi connectivity index (χ3v) is 5.81. The Labute approximate surface area is 188 Å². The van der Waals surface area contributed by atoms with E-state index >= 15 is 0 Å². The Morgan fingerprint density at radius 2 is 2.00 bits per heavy atom. The van der Waals surface area contributed by atoms with Crippen LogP contribution in [0.4, 0.5) is 4.39 Å². The van der Waals surface area contributed by atoms with Gasteiger partial charge in [0.15, 0.2) is 11.9 Å². The molecule has 1 aromatic carbocycles. The first-order chi connectivity index (χ1) is 15.4. The van der Waals surface area contributed by atoms with Gasteiger partial charge in [-0.05, 0) is 63.2 Å². The minimum atomic E-state index is -0.515. The molecule has 0 fully saturated rings. The Bertz CT molecular complexity index is 1200. The van der Waals surface area contributed by atoms with Crippen LogP contribution < -0.4 is 4.74 Å². The van der Waals surface area contributed by atoms with Crippen LogP contribution in [0.15, 0.2) is 62.8 Å². The van der Waals surface area contributed by atoms with E-state index in [0.29, 0.717) is 17.9 Å². The summed E-state index contributed by atoms with van der Waals surface area (Å²) in [5.41, 5.74) is 2.53.